The molecule has 0 unspecified atom stereocenters. The molecule has 1 fully saturated rings. The smallest absolute Gasteiger partial charge is 0.207 e. The lowest BCUT2D eigenvalue weighted by atomic mass is 10.0. The molecule has 2 aromatic heterocycles. The topological polar surface area (TPSA) is 111 Å². The lowest BCUT2D eigenvalue weighted by Gasteiger charge is -2.18. The zero-order valence-corrected chi connectivity index (χ0v) is 19.1. The van der Waals surface area contributed by atoms with Gasteiger partial charge in [0.05, 0.1) is 12.7 Å². The molecule has 0 amide bonds. The molecule has 0 radical (unpaired) electrons. The van der Waals surface area contributed by atoms with Gasteiger partial charge in [0.1, 0.15) is 12.6 Å². The number of hydrogen-bond donors (Lipinski definition) is 3. The van der Waals surface area contributed by atoms with Crippen molar-refractivity contribution in [3.63, 3.8) is 0 Å². The van der Waals surface area contributed by atoms with Crippen molar-refractivity contribution in [2.45, 2.75) is 36.6 Å². The van der Waals surface area contributed by atoms with E-state index in [2.05, 4.69) is 64.0 Å². The van der Waals surface area contributed by atoms with Gasteiger partial charge in [-0.05, 0) is 41.9 Å². The van der Waals surface area contributed by atoms with Crippen LogP contribution in [0.3, 0.4) is 0 Å². The summed E-state index contributed by atoms with van der Waals surface area (Å²) >= 11 is 1.72. The Labute approximate surface area is 196 Å². The minimum absolute atomic E-state index is 0.00609. The van der Waals surface area contributed by atoms with Crippen LogP contribution in [0.5, 0.6) is 0 Å². The minimum atomic E-state index is -0.274. The Balaban J connectivity index is 1.45. The first-order chi connectivity index (χ1) is 16.2. The van der Waals surface area contributed by atoms with E-state index in [-0.39, 0.29) is 18.9 Å². The first-order valence-corrected chi connectivity index (χ1v) is 12.1. The van der Waals surface area contributed by atoms with Gasteiger partial charge in [0.15, 0.2) is 17.0 Å². The highest BCUT2D eigenvalue weighted by Crippen LogP contribution is 2.35. The molecule has 4 N–H and O–H groups in total. The summed E-state index contributed by atoms with van der Waals surface area (Å²) in [5.74, 6) is 0.954. The second-order valence-electron chi connectivity index (χ2n) is 7.96. The van der Waals surface area contributed by atoms with Crippen LogP contribution in [-0.4, -0.2) is 43.6 Å². The van der Waals surface area contributed by atoms with E-state index in [4.69, 9.17) is 15.5 Å². The van der Waals surface area contributed by atoms with E-state index >= 15 is 0 Å². The third-order valence-corrected chi connectivity index (χ3v) is 6.73. The fourth-order valence-corrected chi connectivity index (χ4v) is 4.86. The molecule has 5 rings (SSSR count). The SMILES string of the molecule is CSc1cc(-c2ccccc2)ccc1CNc1nc2c(N)ncnc2n1[C@H]1CC[C@@H](CO)O1. The molecular weight excluding hydrogens is 436 g/mol. The molecule has 0 aliphatic carbocycles. The second kappa shape index (κ2) is 9.38. The molecule has 2 aromatic carbocycles. The van der Waals surface area contributed by atoms with Gasteiger partial charge in [-0.25, -0.2) is 15.0 Å². The van der Waals surface area contributed by atoms with Crippen LogP contribution in [0, 0.1) is 0 Å². The van der Waals surface area contributed by atoms with E-state index < -0.39 is 0 Å². The number of imidazole rings is 1. The van der Waals surface area contributed by atoms with Crippen LogP contribution in [0.2, 0.25) is 0 Å². The Kier molecular flexibility index (Phi) is 6.17. The molecule has 4 aromatic rings. The summed E-state index contributed by atoms with van der Waals surface area (Å²) in [6.45, 7) is 0.575. The van der Waals surface area contributed by atoms with E-state index in [0.717, 1.165) is 12.8 Å². The van der Waals surface area contributed by atoms with E-state index in [1.165, 1.54) is 27.9 Å². The maximum Gasteiger partial charge on any atom is 0.207 e. The molecule has 2 atom stereocenters. The highest BCUT2D eigenvalue weighted by atomic mass is 32.2. The van der Waals surface area contributed by atoms with Crippen LogP contribution in [0.1, 0.15) is 24.6 Å². The molecule has 3 heterocycles. The number of aromatic nitrogens is 4. The first-order valence-electron chi connectivity index (χ1n) is 10.9. The van der Waals surface area contributed by atoms with Crippen LogP contribution in [-0.2, 0) is 11.3 Å². The maximum atomic E-state index is 9.51. The molecule has 0 saturated carbocycles. The highest BCUT2D eigenvalue weighted by Gasteiger charge is 2.30. The van der Waals surface area contributed by atoms with Crippen molar-refractivity contribution in [2.75, 3.05) is 23.9 Å². The fraction of sp³-hybridized carbons (Fsp3) is 0.292. The summed E-state index contributed by atoms with van der Waals surface area (Å²) in [6.07, 6.45) is 4.60. The maximum absolute atomic E-state index is 9.51. The Hall–Kier alpha value is -3.14. The minimum Gasteiger partial charge on any atom is -0.394 e. The van der Waals surface area contributed by atoms with Gasteiger partial charge in [-0.3, -0.25) is 4.57 Å². The molecule has 8 nitrogen and oxygen atoms in total. The lowest BCUT2D eigenvalue weighted by Crippen LogP contribution is -2.17. The quantitative estimate of drug-likeness (QED) is 0.352. The summed E-state index contributed by atoms with van der Waals surface area (Å²) in [6, 6.07) is 16.9. The standard InChI is InChI=1S/C24H26N6O2S/c1-33-19-11-16(15-5-3-2-4-6-15)7-8-17(19)12-26-24-29-21-22(25)27-14-28-23(21)30(24)20-10-9-18(13-31)32-20/h2-8,11,14,18,20,31H,9-10,12-13H2,1H3,(H,26,29)(H2,25,27,28)/t18-,20+/m0/s1. The monoisotopic (exact) mass is 462 g/mol. The van der Waals surface area contributed by atoms with Crippen molar-refractivity contribution in [3.05, 3.63) is 60.4 Å². The molecule has 1 aliphatic heterocycles. The van der Waals surface area contributed by atoms with E-state index in [0.29, 0.717) is 29.5 Å². The first kappa shape index (κ1) is 21.7. The number of ether oxygens (including phenoxy) is 1. The predicted molar refractivity (Wildman–Crippen MR) is 131 cm³/mol. The third-order valence-electron chi connectivity index (χ3n) is 5.91. The molecule has 1 saturated heterocycles. The largest absolute Gasteiger partial charge is 0.394 e. The number of nitrogens with two attached hydrogens (primary N) is 1. The van der Waals surface area contributed by atoms with Crippen LogP contribution in [0.4, 0.5) is 11.8 Å². The van der Waals surface area contributed by atoms with Gasteiger partial charge >= 0.3 is 0 Å². The zero-order chi connectivity index (χ0) is 22.8. The molecule has 170 valence electrons. The Bertz CT molecular complexity index is 1260. The van der Waals surface area contributed by atoms with Gasteiger partial charge in [-0.2, -0.15) is 0 Å². The average molecular weight is 463 g/mol. The van der Waals surface area contributed by atoms with E-state index in [9.17, 15) is 5.11 Å². The molecule has 0 bridgehead atoms. The van der Waals surface area contributed by atoms with Crippen LogP contribution in [0.25, 0.3) is 22.3 Å². The number of nitrogens with one attached hydrogen (secondary N) is 1. The number of fused-ring (bicyclic) bond motifs is 1. The van der Waals surface area contributed by atoms with Crippen molar-refractivity contribution in [1.29, 1.82) is 0 Å². The number of thioether (sulfide) groups is 1. The molecule has 0 spiro atoms. The Morgan fingerprint density at radius 3 is 2.76 bits per heavy atom. The van der Waals surface area contributed by atoms with Crippen LogP contribution >= 0.6 is 11.8 Å². The third kappa shape index (κ3) is 4.27. The number of rotatable bonds is 7. The van der Waals surface area contributed by atoms with Gasteiger partial charge in [0.25, 0.3) is 0 Å². The number of aliphatic hydroxyl groups excluding tert-OH is 1. The zero-order valence-electron chi connectivity index (χ0n) is 18.3. The summed E-state index contributed by atoms with van der Waals surface area (Å²) in [7, 11) is 0. The van der Waals surface area contributed by atoms with Crippen LogP contribution < -0.4 is 11.1 Å². The summed E-state index contributed by atoms with van der Waals surface area (Å²) in [5, 5.41) is 13.0. The number of aliphatic hydroxyl groups is 1. The van der Waals surface area contributed by atoms with Crippen molar-refractivity contribution < 1.29 is 9.84 Å². The summed E-state index contributed by atoms with van der Waals surface area (Å²) in [4.78, 5) is 14.4. The molecule has 1 aliphatic rings. The highest BCUT2D eigenvalue weighted by molar-refractivity contribution is 7.98. The van der Waals surface area contributed by atoms with Crippen molar-refractivity contribution in [3.8, 4) is 11.1 Å². The fourth-order valence-electron chi connectivity index (χ4n) is 4.21. The van der Waals surface area contributed by atoms with Crippen molar-refractivity contribution >= 4 is 34.7 Å². The second-order valence-corrected chi connectivity index (χ2v) is 8.80. The van der Waals surface area contributed by atoms with Gasteiger partial charge < -0.3 is 20.9 Å². The van der Waals surface area contributed by atoms with Gasteiger partial charge in [-0.1, -0.05) is 42.5 Å². The molecule has 9 heteroatoms. The Morgan fingerprint density at radius 2 is 2.00 bits per heavy atom. The normalized spacial score (nSPS) is 18.1. The van der Waals surface area contributed by atoms with Crippen LogP contribution in [0.15, 0.2) is 59.8 Å². The molecule has 33 heavy (non-hydrogen) atoms. The summed E-state index contributed by atoms with van der Waals surface area (Å²) in [5.41, 5.74) is 10.8. The molecular formula is C24H26N6O2S. The number of anilines is 2. The Morgan fingerprint density at radius 1 is 1.15 bits per heavy atom. The van der Waals surface area contributed by atoms with E-state index in [1.807, 2.05) is 10.6 Å². The number of hydrogen-bond acceptors (Lipinski definition) is 8. The number of benzene rings is 2. The van der Waals surface area contributed by atoms with Gasteiger partial charge in [0, 0.05) is 11.4 Å². The lowest BCUT2D eigenvalue weighted by molar-refractivity contribution is -0.0197. The average Bonchev–Trinajstić information content (AvgIpc) is 3.48. The van der Waals surface area contributed by atoms with Crippen molar-refractivity contribution in [2.24, 2.45) is 0 Å². The van der Waals surface area contributed by atoms with Gasteiger partial charge in [-0.15, -0.1) is 11.8 Å². The predicted octanol–water partition coefficient (Wildman–Crippen LogP) is 4.08. The summed E-state index contributed by atoms with van der Waals surface area (Å²) < 4.78 is 7.96. The van der Waals surface area contributed by atoms with Crippen molar-refractivity contribution in [1.82, 2.24) is 19.5 Å². The number of nitrogens with zero attached hydrogens (tertiary/aromatic N) is 4. The van der Waals surface area contributed by atoms with Gasteiger partial charge in [0.2, 0.25) is 5.95 Å². The van der Waals surface area contributed by atoms with E-state index in [1.54, 1.807) is 11.8 Å². The number of nitrogen functional groups attached to an aromatic ring is 1.